The van der Waals surface area contributed by atoms with Gasteiger partial charge in [0.2, 0.25) is 0 Å². The Balaban J connectivity index is 2.63. The second kappa shape index (κ2) is 3.54. The van der Waals surface area contributed by atoms with E-state index in [2.05, 4.69) is 21.3 Å². The standard InChI is InChI=1S/C11H10N3/c1-8-5-13-6-9(2)11(8)10-3-4-12-7-14-10/h3-6H,1-2H3. The molecule has 0 unspecified atom stereocenters. The van der Waals surface area contributed by atoms with Crippen LogP contribution in [0.2, 0.25) is 0 Å². The lowest BCUT2D eigenvalue weighted by atomic mass is 10.0. The smallest absolute Gasteiger partial charge is 0.198 e. The molecular formula is C11H10N3. The number of hydrogen-bond donors (Lipinski definition) is 0. The Hall–Kier alpha value is -1.77. The molecule has 0 spiro atoms. The van der Waals surface area contributed by atoms with Crippen LogP contribution in [0.4, 0.5) is 0 Å². The van der Waals surface area contributed by atoms with Crippen LogP contribution in [0, 0.1) is 20.2 Å². The quantitative estimate of drug-likeness (QED) is 0.680. The van der Waals surface area contributed by atoms with Gasteiger partial charge in [0.15, 0.2) is 6.33 Å². The lowest BCUT2D eigenvalue weighted by Gasteiger charge is -2.06. The maximum Gasteiger partial charge on any atom is 0.198 e. The molecule has 0 N–H and O–H groups in total. The van der Waals surface area contributed by atoms with Gasteiger partial charge in [-0.15, -0.1) is 0 Å². The summed E-state index contributed by atoms with van der Waals surface area (Å²) in [7, 11) is 0. The highest BCUT2D eigenvalue weighted by molar-refractivity contribution is 5.65. The Bertz CT molecular complexity index is 417. The van der Waals surface area contributed by atoms with Crippen LogP contribution >= 0.6 is 0 Å². The summed E-state index contributed by atoms with van der Waals surface area (Å²) in [5, 5.41) is 0. The SMILES string of the molecule is Cc1cncc(C)c1-c1ccn[c]n1. The topological polar surface area (TPSA) is 38.7 Å². The monoisotopic (exact) mass is 184 g/mol. The Morgan fingerprint density at radius 1 is 1.14 bits per heavy atom. The van der Waals surface area contributed by atoms with Crippen LogP contribution in [0.15, 0.2) is 24.7 Å². The summed E-state index contributed by atoms with van der Waals surface area (Å²) in [5.41, 5.74) is 4.27. The summed E-state index contributed by atoms with van der Waals surface area (Å²) in [4.78, 5) is 12.0. The van der Waals surface area contributed by atoms with Crippen LogP contribution in [0.25, 0.3) is 11.3 Å². The zero-order valence-corrected chi connectivity index (χ0v) is 8.15. The van der Waals surface area contributed by atoms with Gasteiger partial charge in [0.1, 0.15) is 0 Å². The summed E-state index contributed by atoms with van der Waals surface area (Å²) in [5.74, 6) is 0. The van der Waals surface area contributed by atoms with Gasteiger partial charge in [-0.1, -0.05) is 0 Å². The molecule has 3 nitrogen and oxygen atoms in total. The van der Waals surface area contributed by atoms with Gasteiger partial charge >= 0.3 is 0 Å². The molecule has 0 fully saturated rings. The lowest BCUT2D eigenvalue weighted by molar-refractivity contribution is 1.13. The van der Waals surface area contributed by atoms with Crippen molar-refractivity contribution in [3.63, 3.8) is 0 Å². The second-order valence-corrected chi connectivity index (χ2v) is 3.19. The predicted octanol–water partition coefficient (Wildman–Crippen LogP) is 1.96. The van der Waals surface area contributed by atoms with Crippen LogP contribution in [0.1, 0.15) is 11.1 Å². The van der Waals surface area contributed by atoms with Gasteiger partial charge in [-0.25, -0.2) is 9.97 Å². The van der Waals surface area contributed by atoms with Crippen molar-refractivity contribution in [3.8, 4) is 11.3 Å². The third-order valence-corrected chi connectivity index (χ3v) is 2.12. The van der Waals surface area contributed by atoms with E-state index in [1.54, 1.807) is 6.20 Å². The molecule has 2 aromatic rings. The fourth-order valence-electron chi connectivity index (χ4n) is 1.51. The molecule has 69 valence electrons. The Morgan fingerprint density at radius 3 is 2.43 bits per heavy atom. The molecule has 1 radical (unpaired) electrons. The van der Waals surface area contributed by atoms with E-state index >= 15 is 0 Å². The third-order valence-electron chi connectivity index (χ3n) is 2.12. The molecule has 2 aromatic heterocycles. The lowest BCUT2D eigenvalue weighted by Crippen LogP contribution is -1.92. The molecule has 0 aliphatic heterocycles. The van der Waals surface area contributed by atoms with Crippen molar-refractivity contribution in [2.75, 3.05) is 0 Å². The fourth-order valence-corrected chi connectivity index (χ4v) is 1.51. The highest BCUT2D eigenvalue weighted by atomic mass is 14.8. The molecule has 0 aromatic carbocycles. The molecule has 0 aliphatic carbocycles. The normalized spacial score (nSPS) is 10.1. The Morgan fingerprint density at radius 2 is 1.86 bits per heavy atom. The van der Waals surface area contributed by atoms with E-state index in [4.69, 9.17) is 0 Å². The number of nitrogens with zero attached hydrogens (tertiary/aromatic N) is 3. The number of hydrogen-bond acceptors (Lipinski definition) is 3. The van der Waals surface area contributed by atoms with Gasteiger partial charge < -0.3 is 0 Å². The summed E-state index contributed by atoms with van der Waals surface area (Å²) >= 11 is 0. The first kappa shape index (κ1) is 8.81. The van der Waals surface area contributed by atoms with E-state index in [1.807, 2.05) is 32.3 Å². The molecule has 0 aliphatic rings. The van der Waals surface area contributed by atoms with Gasteiger partial charge in [-0.05, 0) is 31.0 Å². The molecular weight excluding hydrogens is 174 g/mol. The van der Waals surface area contributed by atoms with Crippen LogP contribution in [-0.2, 0) is 0 Å². The molecule has 0 amide bonds. The second-order valence-electron chi connectivity index (χ2n) is 3.19. The highest BCUT2D eigenvalue weighted by Crippen LogP contribution is 2.23. The van der Waals surface area contributed by atoms with E-state index in [0.717, 1.165) is 22.4 Å². The van der Waals surface area contributed by atoms with E-state index in [-0.39, 0.29) is 0 Å². The van der Waals surface area contributed by atoms with Gasteiger partial charge in [-0.2, -0.15) is 0 Å². The molecule has 2 rings (SSSR count). The predicted molar refractivity (Wildman–Crippen MR) is 53.6 cm³/mol. The van der Waals surface area contributed by atoms with Gasteiger partial charge in [0.25, 0.3) is 0 Å². The minimum absolute atomic E-state index is 0.900. The van der Waals surface area contributed by atoms with Crippen molar-refractivity contribution in [2.45, 2.75) is 13.8 Å². The number of aromatic nitrogens is 3. The molecule has 0 saturated carbocycles. The van der Waals surface area contributed by atoms with E-state index < -0.39 is 0 Å². The first-order valence-corrected chi connectivity index (χ1v) is 4.39. The molecule has 0 atom stereocenters. The molecule has 2 heterocycles. The van der Waals surface area contributed by atoms with Crippen molar-refractivity contribution < 1.29 is 0 Å². The maximum atomic E-state index is 4.12. The number of rotatable bonds is 1. The number of aryl methyl sites for hydroxylation is 2. The van der Waals surface area contributed by atoms with Crippen molar-refractivity contribution >= 4 is 0 Å². The van der Waals surface area contributed by atoms with Gasteiger partial charge in [0, 0.05) is 24.2 Å². The zero-order chi connectivity index (χ0) is 9.97. The largest absolute Gasteiger partial charge is 0.264 e. The summed E-state index contributed by atoms with van der Waals surface area (Å²) < 4.78 is 0. The Kier molecular flexibility index (Phi) is 2.23. The Labute approximate surface area is 82.9 Å². The maximum absolute atomic E-state index is 4.12. The zero-order valence-electron chi connectivity index (χ0n) is 8.15. The van der Waals surface area contributed by atoms with Gasteiger partial charge in [0.05, 0.1) is 5.69 Å². The van der Waals surface area contributed by atoms with Crippen LogP contribution in [-0.4, -0.2) is 15.0 Å². The highest BCUT2D eigenvalue weighted by Gasteiger charge is 2.05. The summed E-state index contributed by atoms with van der Waals surface area (Å²) in [6.45, 7) is 4.05. The van der Waals surface area contributed by atoms with Crippen molar-refractivity contribution in [3.05, 3.63) is 42.1 Å². The first-order chi connectivity index (χ1) is 6.79. The van der Waals surface area contributed by atoms with Crippen LogP contribution in [0.5, 0.6) is 0 Å². The van der Waals surface area contributed by atoms with Crippen molar-refractivity contribution in [1.82, 2.24) is 15.0 Å². The number of pyridine rings is 1. The minimum Gasteiger partial charge on any atom is -0.264 e. The first-order valence-electron chi connectivity index (χ1n) is 4.39. The molecule has 0 bridgehead atoms. The van der Waals surface area contributed by atoms with E-state index in [9.17, 15) is 0 Å². The average Bonchev–Trinajstić information content (AvgIpc) is 2.19. The van der Waals surface area contributed by atoms with Crippen LogP contribution in [0.3, 0.4) is 0 Å². The van der Waals surface area contributed by atoms with E-state index in [1.165, 1.54) is 0 Å². The minimum atomic E-state index is 0.900. The van der Waals surface area contributed by atoms with E-state index in [0.29, 0.717) is 0 Å². The third kappa shape index (κ3) is 1.48. The van der Waals surface area contributed by atoms with Crippen molar-refractivity contribution in [2.24, 2.45) is 0 Å². The summed E-state index contributed by atoms with van der Waals surface area (Å²) in [6.07, 6.45) is 7.97. The molecule has 3 heteroatoms. The molecule has 14 heavy (non-hydrogen) atoms. The molecule has 0 saturated heterocycles. The summed E-state index contributed by atoms with van der Waals surface area (Å²) in [6, 6.07) is 1.88. The van der Waals surface area contributed by atoms with Gasteiger partial charge in [-0.3, -0.25) is 4.98 Å². The fraction of sp³-hybridized carbons (Fsp3) is 0.182. The van der Waals surface area contributed by atoms with Crippen molar-refractivity contribution in [1.29, 1.82) is 0 Å². The van der Waals surface area contributed by atoms with Crippen LogP contribution < -0.4 is 0 Å². The average molecular weight is 184 g/mol.